The van der Waals surface area contributed by atoms with Crippen LogP contribution in [0.5, 0.6) is 0 Å². The van der Waals surface area contributed by atoms with Crippen LogP contribution >= 0.6 is 0 Å². The van der Waals surface area contributed by atoms with E-state index in [0.717, 1.165) is 32.1 Å². The third-order valence-corrected chi connectivity index (χ3v) is 9.79. The Morgan fingerprint density at radius 2 is 0.800 bits per heavy atom. The van der Waals surface area contributed by atoms with E-state index in [9.17, 15) is 9.59 Å². The molecule has 0 spiro atoms. The number of rotatable bonds is 26. The smallest absolute Gasteiger partial charge is 0.310 e. The third-order valence-electron chi connectivity index (χ3n) is 9.79. The SMILES string of the molecule is CCCCCCCCCCCCCOC(=O)C1C2CC(C3OC23)C1C(=O)OCCCCCCCCCCCCC. The molecule has 0 aromatic heterocycles. The Hall–Kier alpha value is -1.10. The maximum Gasteiger partial charge on any atom is 0.310 e. The van der Waals surface area contributed by atoms with Crippen molar-refractivity contribution in [3.63, 3.8) is 0 Å². The molecule has 0 N–H and O–H groups in total. The molecule has 3 aliphatic rings. The lowest BCUT2D eigenvalue weighted by Crippen LogP contribution is -2.40. The van der Waals surface area contributed by atoms with Gasteiger partial charge in [-0.1, -0.05) is 142 Å². The highest BCUT2D eigenvalue weighted by Gasteiger charge is 2.71. The molecule has 6 atom stereocenters. The summed E-state index contributed by atoms with van der Waals surface area (Å²) in [6.07, 6.45) is 29.3. The molecule has 0 amide bonds. The summed E-state index contributed by atoms with van der Waals surface area (Å²) in [6.45, 7) is 5.47. The highest BCUT2D eigenvalue weighted by molar-refractivity contribution is 5.84. The van der Waals surface area contributed by atoms with Gasteiger partial charge in [0.15, 0.2) is 0 Å². The average molecular weight is 563 g/mol. The van der Waals surface area contributed by atoms with Gasteiger partial charge in [-0.3, -0.25) is 9.59 Å². The van der Waals surface area contributed by atoms with Crippen molar-refractivity contribution in [2.75, 3.05) is 13.2 Å². The van der Waals surface area contributed by atoms with Crippen molar-refractivity contribution in [3.05, 3.63) is 0 Å². The van der Waals surface area contributed by atoms with E-state index in [-0.39, 0.29) is 47.8 Å². The van der Waals surface area contributed by atoms with Crippen molar-refractivity contribution in [3.8, 4) is 0 Å². The topological polar surface area (TPSA) is 65.1 Å². The molecule has 0 aromatic carbocycles. The quantitative estimate of drug-likeness (QED) is 0.0597. The number of unbranched alkanes of at least 4 members (excludes halogenated alkanes) is 20. The van der Waals surface area contributed by atoms with Gasteiger partial charge in [-0.2, -0.15) is 0 Å². The fraction of sp³-hybridized carbons (Fsp3) is 0.943. The molecule has 1 saturated heterocycles. The highest BCUT2D eigenvalue weighted by atomic mass is 16.6. The largest absolute Gasteiger partial charge is 0.465 e. The second kappa shape index (κ2) is 19.9. The second-order valence-corrected chi connectivity index (χ2v) is 13.1. The van der Waals surface area contributed by atoms with Gasteiger partial charge in [0.2, 0.25) is 0 Å². The lowest BCUT2D eigenvalue weighted by molar-refractivity contribution is -0.163. The Bertz CT molecular complexity index is 637. The lowest BCUT2D eigenvalue weighted by Gasteiger charge is -2.25. The van der Waals surface area contributed by atoms with Crippen LogP contribution in [-0.4, -0.2) is 37.4 Å². The van der Waals surface area contributed by atoms with Crippen molar-refractivity contribution in [1.29, 1.82) is 0 Å². The Labute approximate surface area is 246 Å². The molecular weight excluding hydrogens is 500 g/mol. The maximum atomic E-state index is 13.1. The van der Waals surface area contributed by atoms with E-state index in [0.29, 0.717) is 13.2 Å². The number of fused-ring (bicyclic) bond motifs is 5. The Balaban J connectivity index is 1.22. The van der Waals surface area contributed by atoms with Crippen LogP contribution in [0.3, 0.4) is 0 Å². The first kappa shape index (κ1) is 33.4. The minimum Gasteiger partial charge on any atom is -0.465 e. The summed E-state index contributed by atoms with van der Waals surface area (Å²) in [5.41, 5.74) is 0. The Kier molecular flexibility index (Phi) is 16.6. The minimum absolute atomic E-state index is 0.138. The summed E-state index contributed by atoms with van der Waals surface area (Å²) < 4.78 is 17.3. The van der Waals surface area contributed by atoms with Gasteiger partial charge in [-0.15, -0.1) is 0 Å². The maximum absolute atomic E-state index is 13.1. The summed E-state index contributed by atoms with van der Waals surface area (Å²) in [5, 5.41) is 0. The molecule has 3 rings (SSSR count). The van der Waals surface area contributed by atoms with E-state index in [1.165, 1.54) is 116 Å². The van der Waals surface area contributed by atoms with E-state index in [2.05, 4.69) is 13.8 Å². The summed E-state index contributed by atoms with van der Waals surface area (Å²) in [7, 11) is 0. The monoisotopic (exact) mass is 562 g/mol. The Morgan fingerprint density at radius 1 is 0.500 bits per heavy atom. The van der Waals surface area contributed by atoms with E-state index in [4.69, 9.17) is 14.2 Å². The third kappa shape index (κ3) is 11.3. The van der Waals surface area contributed by atoms with Crippen LogP contribution in [-0.2, 0) is 23.8 Å². The molecule has 0 radical (unpaired) electrons. The summed E-state index contributed by atoms with van der Waals surface area (Å²) in [5.74, 6) is -0.841. The molecule has 2 saturated carbocycles. The van der Waals surface area contributed by atoms with Crippen molar-refractivity contribution in [2.24, 2.45) is 23.7 Å². The van der Waals surface area contributed by atoms with Gasteiger partial charge in [0.1, 0.15) is 0 Å². The summed E-state index contributed by atoms with van der Waals surface area (Å²) in [6, 6.07) is 0. The van der Waals surface area contributed by atoms with Gasteiger partial charge in [0.25, 0.3) is 0 Å². The molecule has 232 valence electrons. The van der Waals surface area contributed by atoms with E-state index < -0.39 is 0 Å². The first-order valence-corrected chi connectivity index (χ1v) is 17.7. The predicted octanol–water partition coefficient (Wildman–Crippen LogP) is 9.34. The minimum atomic E-state index is -0.369. The molecule has 2 aliphatic carbocycles. The standard InChI is InChI=1S/C35H62O5/c1-3-5-7-9-11-13-15-17-19-21-23-25-38-34(36)30-28-27-29(33-32(28)40-33)31(30)35(37)39-26-24-22-20-18-16-14-12-10-8-6-4-2/h28-33H,3-27H2,1-2H3. The molecule has 2 bridgehead atoms. The van der Waals surface area contributed by atoms with Gasteiger partial charge in [0.05, 0.1) is 37.3 Å². The van der Waals surface area contributed by atoms with Gasteiger partial charge < -0.3 is 14.2 Å². The zero-order valence-electron chi connectivity index (χ0n) is 26.2. The van der Waals surface area contributed by atoms with Gasteiger partial charge in [-0.05, 0) is 19.3 Å². The molecule has 40 heavy (non-hydrogen) atoms. The molecule has 0 aromatic rings. The number of carbonyl (C=O) groups is 2. The molecule has 1 heterocycles. The zero-order chi connectivity index (χ0) is 28.4. The molecule has 3 fully saturated rings. The summed E-state index contributed by atoms with van der Waals surface area (Å²) >= 11 is 0. The summed E-state index contributed by atoms with van der Waals surface area (Å²) in [4.78, 5) is 26.2. The normalized spacial score (nSPS) is 26.1. The lowest BCUT2D eigenvalue weighted by atomic mass is 9.79. The molecule has 5 nitrogen and oxygen atoms in total. The van der Waals surface area contributed by atoms with Crippen LogP contribution in [0.25, 0.3) is 0 Å². The zero-order valence-corrected chi connectivity index (χ0v) is 26.2. The van der Waals surface area contributed by atoms with Gasteiger partial charge >= 0.3 is 11.9 Å². The molecule has 1 aliphatic heterocycles. The fourth-order valence-electron chi connectivity index (χ4n) is 7.36. The van der Waals surface area contributed by atoms with Crippen LogP contribution in [0.2, 0.25) is 0 Å². The van der Waals surface area contributed by atoms with E-state index in [1.54, 1.807) is 0 Å². The second-order valence-electron chi connectivity index (χ2n) is 13.1. The van der Waals surface area contributed by atoms with Crippen LogP contribution in [0.15, 0.2) is 0 Å². The number of hydrogen-bond acceptors (Lipinski definition) is 5. The number of epoxide rings is 1. The number of esters is 2. The first-order valence-electron chi connectivity index (χ1n) is 17.7. The number of carbonyl (C=O) groups excluding carboxylic acids is 2. The fourth-order valence-corrected chi connectivity index (χ4v) is 7.36. The first-order chi connectivity index (χ1) is 19.7. The predicted molar refractivity (Wildman–Crippen MR) is 162 cm³/mol. The van der Waals surface area contributed by atoms with E-state index in [1.807, 2.05) is 0 Å². The van der Waals surface area contributed by atoms with E-state index >= 15 is 0 Å². The average Bonchev–Trinajstić information content (AvgIpc) is 3.57. The molecule has 6 unspecified atom stereocenters. The number of ether oxygens (including phenoxy) is 3. The van der Waals surface area contributed by atoms with Gasteiger partial charge in [-0.25, -0.2) is 0 Å². The molecular formula is C35H62O5. The van der Waals surface area contributed by atoms with Crippen molar-refractivity contribution in [2.45, 2.75) is 174 Å². The van der Waals surface area contributed by atoms with Crippen LogP contribution in [0.1, 0.15) is 162 Å². The highest BCUT2D eigenvalue weighted by Crippen LogP contribution is 2.62. The Morgan fingerprint density at radius 3 is 1.12 bits per heavy atom. The van der Waals surface area contributed by atoms with Crippen molar-refractivity contribution in [1.82, 2.24) is 0 Å². The van der Waals surface area contributed by atoms with Gasteiger partial charge in [0, 0.05) is 11.8 Å². The van der Waals surface area contributed by atoms with Crippen LogP contribution in [0.4, 0.5) is 0 Å². The molecule has 5 heteroatoms. The van der Waals surface area contributed by atoms with Crippen LogP contribution in [0, 0.1) is 23.7 Å². The van der Waals surface area contributed by atoms with Crippen LogP contribution < -0.4 is 0 Å². The van der Waals surface area contributed by atoms with Crippen molar-refractivity contribution < 1.29 is 23.8 Å². The number of hydrogen-bond donors (Lipinski definition) is 0. The van der Waals surface area contributed by atoms with Crippen molar-refractivity contribution >= 4 is 11.9 Å².